The molecule has 0 bridgehead atoms. The van der Waals surface area contributed by atoms with Gasteiger partial charge >= 0.3 is 0 Å². The van der Waals surface area contributed by atoms with E-state index in [0.29, 0.717) is 36.4 Å². The Balaban J connectivity index is 1.86. The molecule has 7 nitrogen and oxygen atoms in total. The largest absolute Gasteiger partial charge is 0.494 e. The molecule has 2 aromatic rings. The number of anilines is 2. The highest BCUT2D eigenvalue weighted by molar-refractivity contribution is 6.01. The summed E-state index contributed by atoms with van der Waals surface area (Å²) in [6, 6.07) is 7.59. The lowest BCUT2D eigenvalue weighted by Gasteiger charge is -2.38. The van der Waals surface area contributed by atoms with Gasteiger partial charge in [-0.05, 0) is 36.0 Å². The predicted octanol–water partition coefficient (Wildman–Crippen LogP) is 3.34. The zero-order valence-electron chi connectivity index (χ0n) is 17.0. The van der Waals surface area contributed by atoms with Crippen LogP contribution in [-0.2, 0) is 4.79 Å². The summed E-state index contributed by atoms with van der Waals surface area (Å²) in [6.07, 6.45) is 2.07. The van der Waals surface area contributed by atoms with Crippen molar-refractivity contribution in [3.05, 3.63) is 57.0 Å². The first-order valence-corrected chi connectivity index (χ1v) is 9.95. The molecule has 0 fully saturated rings. The summed E-state index contributed by atoms with van der Waals surface area (Å²) in [6.45, 7) is 6.83. The van der Waals surface area contributed by atoms with Gasteiger partial charge in [0.1, 0.15) is 11.6 Å². The Morgan fingerprint density at radius 1 is 1.21 bits per heavy atom. The first-order chi connectivity index (χ1) is 13.8. The van der Waals surface area contributed by atoms with E-state index in [1.165, 1.54) is 0 Å². The number of hydrogen-bond donors (Lipinski definition) is 3. The lowest BCUT2D eigenvalue weighted by molar-refractivity contribution is -0.118. The minimum Gasteiger partial charge on any atom is -0.494 e. The molecular weight excluding hydrogens is 368 g/mol. The number of nitrogen functional groups attached to an aromatic ring is 1. The molecule has 0 saturated carbocycles. The third-order valence-corrected chi connectivity index (χ3v) is 5.43. The van der Waals surface area contributed by atoms with Crippen molar-refractivity contribution >= 4 is 17.5 Å². The number of allylic oxidation sites excluding steroid dienone is 2. The topological polar surface area (TPSA) is 110 Å². The molecule has 4 rings (SSSR count). The van der Waals surface area contributed by atoms with Gasteiger partial charge in [0.05, 0.1) is 12.2 Å². The number of carbonyl (C=O) groups is 1. The maximum Gasteiger partial charge on any atom is 0.258 e. The van der Waals surface area contributed by atoms with Crippen LogP contribution in [0, 0.1) is 5.41 Å². The van der Waals surface area contributed by atoms with Crippen LogP contribution >= 0.6 is 0 Å². The molecule has 0 saturated heterocycles. The van der Waals surface area contributed by atoms with Gasteiger partial charge in [-0.3, -0.25) is 14.6 Å². The highest BCUT2D eigenvalue weighted by atomic mass is 16.5. The second kappa shape index (κ2) is 7.06. The maximum absolute atomic E-state index is 13.1. The first kappa shape index (κ1) is 19.2. The molecule has 1 aliphatic carbocycles. The second-order valence-electron chi connectivity index (χ2n) is 8.52. The smallest absolute Gasteiger partial charge is 0.258 e. The number of aromatic nitrogens is 2. The molecule has 0 radical (unpaired) electrons. The van der Waals surface area contributed by atoms with Crippen LogP contribution < -0.4 is 21.3 Å². The van der Waals surface area contributed by atoms with E-state index in [1.54, 1.807) is 0 Å². The maximum atomic E-state index is 13.1. The van der Waals surface area contributed by atoms with Crippen molar-refractivity contribution in [3.8, 4) is 5.75 Å². The Morgan fingerprint density at radius 2 is 1.93 bits per heavy atom. The number of H-pyrrole nitrogens is 1. The van der Waals surface area contributed by atoms with Crippen LogP contribution in [0.2, 0.25) is 0 Å². The van der Waals surface area contributed by atoms with Gasteiger partial charge in [-0.2, -0.15) is 4.98 Å². The van der Waals surface area contributed by atoms with Crippen LogP contribution in [-0.4, -0.2) is 22.4 Å². The number of ether oxygens (including phenoxy) is 1. The minimum atomic E-state index is -0.484. The molecule has 2 heterocycles. The second-order valence-corrected chi connectivity index (χ2v) is 8.52. The molecule has 0 spiro atoms. The molecule has 2 aliphatic rings. The number of rotatable bonds is 4. The van der Waals surface area contributed by atoms with Gasteiger partial charge in [-0.1, -0.05) is 32.9 Å². The van der Waals surface area contributed by atoms with Gasteiger partial charge in [-0.25, -0.2) is 0 Å². The number of carbonyl (C=O) groups excluding carboxylic acids is 1. The van der Waals surface area contributed by atoms with Crippen molar-refractivity contribution in [2.24, 2.45) is 5.41 Å². The van der Waals surface area contributed by atoms with Crippen molar-refractivity contribution in [1.82, 2.24) is 9.97 Å². The average molecular weight is 394 g/mol. The van der Waals surface area contributed by atoms with Crippen LogP contribution in [0.4, 0.5) is 11.8 Å². The average Bonchev–Trinajstić information content (AvgIpc) is 2.64. The third-order valence-electron chi connectivity index (χ3n) is 5.43. The van der Waals surface area contributed by atoms with Crippen LogP contribution in [0.3, 0.4) is 0 Å². The van der Waals surface area contributed by atoms with Crippen molar-refractivity contribution in [3.63, 3.8) is 0 Å². The summed E-state index contributed by atoms with van der Waals surface area (Å²) in [5.41, 5.74) is 8.04. The molecule has 1 atom stereocenters. The third kappa shape index (κ3) is 3.52. The van der Waals surface area contributed by atoms with Gasteiger partial charge in [0, 0.05) is 23.6 Å². The highest BCUT2D eigenvalue weighted by Crippen LogP contribution is 2.47. The SMILES string of the molecule is CCCOc1ccc([C@@H]2C3=C(CC(C)(C)CC3=O)Nc3nc(N)[nH]c(=O)c32)cc1. The normalized spacial score (nSPS) is 20.0. The van der Waals surface area contributed by atoms with E-state index in [2.05, 4.69) is 36.1 Å². The van der Waals surface area contributed by atoms with E-state index in [0.717, 1.165) is 23.4 Å². The number of nitrogens with zero attached hydrogens (tertiary/aromatic N) is 1. The fraction of sp³-hybridized carbons (Fsp3) is 0.409. The van der Waals surface area contributed by atoms with Crippen LogP contribution in [0.15, 0.2) is 40.3 Å². The monoisotopic (exact) mass is 394 g/mol. The summed E-state index contributed by atoms with van der Waals surface area (Å²) in [5.74, 6) is 0.809. The predicted molar refractivity (Wildman–Crippen MR) is 112 cm³/mol. The van der Waals surface area contributed by atoms with Gasteiger partial charge in [-0.15, -0.1) is 0 Å². The van der Waals surface area contributed by atoms with Crippen LogP contribution in [0.25, 0.3) is 0 Å². The summed E-state index contributed by atoms with van der Waals surface area (Å²) in [5, 5.41) is 3.23. The number of hydrogen-bond acceptors (Lipinski definition) is 6. The fourth-order valence-electron chi connectivity index (χ4n) is 4.24. The number of ketones is 1. The Labute approximate surface area is 169 Å². The first-order valence-electron chi connectivity index (χ1n) is 9.95. The number of benzene rings is 1. The standard InChI is InChI=1S/C22H26N4O3/c1-4-9-29-13-7-5-12(6-8-13)16-17-14(10-22(2,3)11-15(17)27)24-19-18(16)20(28)26-21(23)25-19/h5-8,16H,4,9-11H2,1-3H3,(H4,23,24,25,26,28)/t16-/m1/s1. The Morgan fingerprint density at radius 3 is 2.62 bits per heavy atom. The molecule has 29 heavy (non-hydrogen) atoms. The van der Waals surface area contributed by atoms with E-state index in [1.807, 2.05) is 24.3 Å². The molecule has 1 aromatic carbocycles. The molecule has 0 amide bonds. The fourth-order valence-corrected chi connectivity index (χ4v) is 4.24. The Kier molecular flexibility index (Phi) is 4.68. The highest BCUT2D eigenvalue weighted by Gasteiger charge is 2.42. The lowest BCUT2D eigenvalue weighted by atomic mass is 9.69. The molecule has 4 N–H and O–H groups in total. The van der Waals surface area contributed by atoms with Gasteiger partial charge in [0.25, 0.3) is 5.56 Å². The van der Waals surface area contributed by atoms with Crippen molar-refractivity contribution < 1.29 is 9.53 Å². The van der Waals surface area contributed by atoms with Crippen LogP contribution in [0.5, 0.6) is 5.75 Å². The van der Waals surface area contributed by atoms with E-state index in [9.17, 15) is 9.59 Å². The van der Waals surface area contributed by atoms with Crippen molar-refractivity contribution in [2.75, 3.05) is 17.7 Å². The van der Waals surface area contributed by atoms with E-state index >= 15 is 0 Å². The number of nitrogens with one attached hydrogen (secondary N) is 2. The van der Waals surface area contributed by atoms with Crippen molar-refractivity contribution in [2.45, 2.75) is 46.0 Å². The van der Waals surface area contributed by atoms with Crippen molar-refractivity contribution in [1.29, 1.82) is 0 Å². The summed E-state index contributed by atoms with van der Waals surface area (Å²) in [7, 11) is 0. The summed E-state index contributed by atoms with van der Waals surface area (Å²) >= 11 is 0. The van der Waals surface area contributed by atoms with Gasteiger partial charge < -0.3 is 15.8 Å². The Bertz CT molecular complexity index is 1050. The van der Waals surface area contributed by atoms with Gasteiger partial charge in [0.15, 0.2) is 5.78 Å². The number of aromatic amines is 1. The lowest BCUT2D eigenvalue weighted by Crippen LogP contribution is -2.37. The Hall–Kier alpha value is -3.09. The number of Topliss-reactive ketones (excluding diaryl/α,β-unsaturated/α-hetero) is 1. The minimum absolute atomic E-state index is 0.0498. The zero-order valence-corrected chi connectivity index (χ0v) is 17.0. The van der Waals surface area contributed by atoms with E-state index in [-0.39, 0.29) is 22.7 Å². The zero-order chi connectivity index (χ0) is 20.8. The summed E-state index contributed by atoms with van der Waals surface area (Å²) < 4.78 is 5.67. The van der Waals surface area contributed by atoms with E-state index in [4.69, 9.17) is 10.5 Å². The molecule has 1 aromatic heterocycles. The molecule has 152 valence electrons. The molecular formula is C22H26N4O3. The molecule has 0 unspecified atom stereocenters. The summed E-state index contributed by atoms with van der Waals surface area (Å²) in [4.78, 5) is 32.8. The van der Waals surface area contributed by atoms with E-state index < -0.39 is 5.92 Å². The van der Waals surface area contributed by atoms with Crippen LogP contribution in [0.1, 0.15) is 57.1 Å². The molecule has 7 heteroatoms. The quantitative estimate of drug-likeness (QED) is 0.734. The molecule has 1 aliphatic heterocycles. The van der Waals surface area contributed by atoms with Gasteiger partial charge in [0.2, 0.25) is 5.95 Å². The number of fused-ring (bicyclic) bond motifs is 1. The number of nitrogens with two attached hydrogens (primary N) is 1.